The van der Waals surface area contributed by atoms with Gasteiger partial charge in [-0.15, -0.1) is 0 Å². The maximum absolute atomic E-state index is 12.8. The van der Waals surface area contributed by atoms with Crippen LogP contribution in [0.1, 0.15) is 6.42 Å². The van der Waals surface area contributed by atoms with Crippen LogP contribution in [0.5, 0.6) is 0 Å². The molecule has 2 N–H and O–H groups in total. The van der Waals surface area contributed by atoms with Gasteiger partial charge in [-0.2, -0.15) is 0 Å². The van der Waals surface area contributed by atoms with Crippen LogP contribution in [0.25, 0.3) is 0 Å². The van der Waals surface area contributed by atoms with Crippen LogP contribution < -0.4 is 14.9 Å². The molecule has 0 aromatic heterocycles. The maximum Gasteiger partial charge on any atom is 0.264 e. The Hall–Kier alpha value is -2.38. The Kier molecular flexibility index (Phi) is 5.06. The number of anilines is 2. The summed E-state index contributed by atoms with van der Waals surface area (Å²) in [5.74, 6) is -0.164. The average molecular weight is 359 g/mol. The first-order chi connectivity index (χ1) is 12.0. The topological polar surface area (TPSA) is 78.5 Å². The van der Waals surface area contributed by atoms with E-state index in [1.165, 1.54) is 23.5 Å². The summed E-state index contributed by atoms with van der Waals surface area (Å²) in [6.07, 6.45) is 0.792. The second-order valence-corrected chi connectivity index (χ2v) is 7.98. The normalized spacial score (nSPS) is 17.2. The summed E-state index contributed by atoms with van der Waals surface area (Å²) in [4.78, 5) is 12.4. The lowest BCUT2D eigenvalue weighted by atomic mass is 10.1. The summed E-state index contributed by atoms with van der Waals surface area (Å²) >= 11 is 0. The fourth-order valence-corrected chi connectivity index (χ4v) is 4.03. The summed E-state index contributed by atoms with van der Waals surface area (Å²) in [5, 5.41) is 5.96. The second-order valence-electron chi connectivity index (χ2n) is 6.01. The minimum atomic E-state index is -3.70. The average Bonchev–Trinajstić information content (AvgIpc) is 3.17. The van der Waals surface area contributed by atoms with Crippen LogP contribution in [-0.2, 0) is 14.8 Å². The zero-order chi connectivity index (χ0) is 17.9. The van der Waals surface area contributed by atoms with E-state index in [-0.39, 0.29) is 16.7 Å². The van der Waals surface area contributed by atoms with Gasteiger partial charge in [-0.25, -0.2) is 8.42 Å². The number of benzene rings is 2. The number of rotatable bonds is 5. The van der Waals surface area contributed by atoms with Crippen molar-refractivity contribution in [1.82, 2.24) is 5.32 Å². The third-order valence-corrected chi connectivity index (χ3v) is 6.09. The zero-order valence-electron chi connectivity index (χ0n) is 14.0. The Bertz CT molecular complexity index is 847. The summed E-state index contributed by atoms with van der Waals surface area (Å²) < 4.78 is 26.9. The molecule has 1 saturated heterocycles. The van der Waals surface area contributed by atoms with Crippen molar-refractivity contribution in [2.24, 2.45) is 5.92 Å². The zero-order valence-corrected chi connectivity index (χ0v) is 14.8. The van der Waals surface area contributed by atoms with Gasteiger partial charge in [0.1, 0.15) is 0 Å². The van der Waals surface area contributed by atoms with E-state index in [1.54, 1.807) is 36.4 Å². The molecule has 2 aromatic rings. The lowest BCUT2D eigenvalue weighted by Gasteiger charge is -2.20. The van der Waals surface area contributed by atoms with Crippen molar-refractivity contribution in [2.75, 3.05) is 29.8 Å². The molecule has 2 aromatic carbocycles. The van der Waals surface area contributed by atoms with Crippen LogP contribution in [0.2, 0.25) is 0 Å². The molecule has 1 heterocycles. The Morgan fingerprint density at radius 2 is 1.92 bits per heavy atom. The molecule has 0 radical (unpaired) electrons. The number of nitrogens with one attached hydrogen (secondary N) is 2. The lowest BCUT2D eigenvalue weighted by molar-refractivity contribution is -0.119. The molecule has 1 atom stereocenters. The highest BCUT2D eigenvalue weighted by Gasteiger charge is 2.24. The monoisotopic (exact) mass is 359 g/mol. The van der Waals surface area contributed by atoms with E-state index < -0.39 is 10.0 Å². The minimum Gasteiger partial charge on any atom is -0.326 e. The molecule has 0 saturated carbocycles. The molecule has 1 fully saturated rings. The van der Waals surface area contributed by atoms with Gasteiger partial charge in [-0.05, 0) is 43.3 Å². The lowest BCUT2D eigenvalue weighted by Crippen LogP contribution is -2.27. The van der Waals surface area contributed by atoms with Crippen molar-refractivity contribution in [3.05, 3.63) is 54.6 Å². The number of carbonyl (C=O) groups is 1. The largest absolute Gasteiger partial charge is 0.326 e. The summed E-state index contributed by atoms with van der Waals surface area (Å²) in [6.45, 7) is 1.48. The quantitative estimate of drug-likeness (QED) is 0.857. The van der Waals surface area contributed by atoms with E-state index in [4.69, 9.17) is 0 Å². The Labute approximate surface area is 147 Å². The molecule has 6 nitrogen and oxygen atoms in total. The van der Waals surface area contributed by atoms with Crippen LogP contribution in [0, 0.1) is 5.92 Å². The first-order valence-corrected chi connectivity index (χ1v) is 9.58. The Morgan fingerprint density at radius 3 is 2.60 bits per heavy atom. The molecule has 0 aliphatic carbocycles. The van der Waals surface area contributed by atoms with E-state index in [0.717, 1.165) is 13.0 Å². The highest BCUT2D eigenvalue weighted by atomic mass is 32.2. The van der Waals surface area contributed by atoms with Gasteiger partial charge in [0.25, 0.3) is 10.0 Å². The number of nitrogens with zero attached hydrogens (tertiary/aromatic N) is 1. The van der Waals surface area contributed by atoms with Crippen LogP contribution in [0.15, 0.2) is 59.5 Å². The second kappa shape index (κ2) is 7.25. The van der Waals surface area contributed by atoms with Gasteiger partial charge in [0.15, 0.2) is 0 Å². The molecule has 7 heteroatoms. The number of sulfonamides is 1. The predicted octanol–water partition coefficient (Wildman–Crippen LogP) is 2.06. The summed E-state index contributed by atoms with van der Waals surface area (Å²) in [7, 11) is -2.19. The van der Waals surface area contributed by atoms with E-state index in [9.17, 15) is 13.2 Å². The molecular formula is C18H21N3O3S. The molecule has 1 amide bonds. The molecule has 3 rings (SSSR count). The van der Waals surface area contributed by atoms with E-state index >= 15 is 0 Å². The molecule has 1 aliphatic rings. The van der Waals surface area contributed by atoms with Gasteiger partial charge < -0.3 is 10.6 Å². The van der Waals surface area contributed by atoms with Crippen LogP contribution >= 0.6 is 0 Å². The number of carbonyl (C=O) groups excluding carboxylic acids is 1. The van der Waals surface area contributed by atoms with Crippen molar-refractivity contribution in [3.8, 4) is 0 Å². The van der Waals surface area contributed by atoms with Crippen molar-refractivity contribution in [3.63, 3.8) is 0 Å². The Balaban J connectivity index is 1.81. The highest BCUT2D eigenvalue weighted by Crippen LogP contribution is 2.24. The van der Waals surface area contributed by atoms with E-state index in [0.29, 0.717) is 17.9 Å². The van der Waals surface area contributed by atoms with Gasteiger partial charge in [-0.1, -0.05) is 24.3 Å². The first-order valence-electron chi connectivity index (χ1n) is 8.14. The van der Waals surface area contributed by atoms with Crippen molar-refractivity contribution >= 4 is 27.3 Å². The van der Waals surface area contributed by atoms with Gasteiger partial charge in [0, 0.05) is 19.3 Å². The standard InChI is InChI=1S/C18H21N3O3S/c1-21(16-7-3-2-4-8-16)25(23,24)17-9-5-6-15(12-17)20-18(22)14-10-11-19-13-14/h2-9,12,14,19H,10-11,13H2,1H3,(H,20,22). The fourth-order valence-electron chi connectivity index (χ4n) is 2.79. The smallest absolute Gasteiger partial charge is 0.264 e. The van der Waals surface area contributed by atoms with Crippen molar-refractivity contribution in [2.45, 2.75) is 11.3 Å². The van der Waals surface area contributed by atoms with E-state index in [1.807, 2.05) is 6.07 Å². The van der Waals surface area contributed by atoms with Gasteiger partial charge in [-0.3, -0.25) is 9.10 Å². The first kappa shape index (κ1) is 17.4. The molecular weight excluding hydrogens is 338 g/mol. The van der Waals surface area contributed by atoms with Crippen LogP contribution in [-0.4, -0.2) is 34.5 Å². The minimum absolute atomic E-state index is 0.0766. The maximum atomic E-state index is 12.8. The molecule has 0 spiro atoms. The third-order valence-electron chi connectivity index (χ3n) is 4.31. The van der Waals surface area contributed by atoms with Crippen LogP contribution in [0.3, 0.4) is 0 Å². The SMILES string of the molecule is CN(c1ccccc1)S(=O)(=O)c1cccc(NC(=O)C2CCNC2)c1. The molecule has 0 bridgehead atoms. The summed E-state index contributed by atoms with van der Waals surface area (Å²) in [6, 6.07) is 15.2. The van der Waals surface area contributed by atoms with Gasteiger partial charge in [0.05, 0.1) is 16.5 Å². The molecule has 132 valence electrons. The van der Waals surface area contributed by atoms with Crippen LogP contribution in [0.4, 0.5) is 11.4 Å². The number of hydrogen-bond donors (Lipinski definition) is 2. The van der Waals surface area contributed by atoms with Gasteiger partial charge in [0.2, 0.25) is 5.91 Å². The van der Waals surface area contributed by atoms with Gasteiger partial charge >= 0.3 is 0 Å². The number of amides is 1. The number of hydrogen-bond acceptors (Lipinski definition) is 4. The highest BCUT2D eigenvalue weighted by molar-refractivity contribution is 7.92. The van der Waals surface area contributed by atoms with Crippen molar-refractivity contribution in [1.29, 1.82) is 0 Å². The predicted molar refractivity (Wildman–Crippen MR) is 98.1 cm³/mol. The molecule has 1 aliphatic heterocycles. The van der Waals surface area contributed by atoms with E-state index in [2.05, 4.69) is 10.6 Å². The molecule has 25 heavy (non-hydrogen) atoms. The molecule has 1 unspecified atom stereocenters. The number of para-hydroxylation sites is 1. The Morgan fingerprint density at radius 1 is 1.16 bits per heavy atom. The third kappa shape index (κ3) is 3.83. The summed E-state index contributed by atoms with van der Waals surface area (Å²) in [5.41, 5.74) is 1.06. The fraction of sp³-hybridized carbons (Fsp3) is 0.278. The van der Waals surface area contributed by atoms with Crippen molar-refractivity contribution < 1.29 is 13.2 Å².